The zero-order valence-corrected chi connectivity index (χ0v) is 8.10. The molecule has 2 rings (SSSR count). The Balaban J connectivity index is 2.37. The monoisotopic (exact) mass is 195 g/mol. The lowest BCUT2D eigenvalue weighted by atomic mass is 10.2. The molecule has 0 saturated heterocycles. The molecule has 5 nitrogen and oxygen atoms in total. The highest BCUT2D eigenvalue weighted by molar-refractivity contribution is 5.86. The van der Waals surface area contributed by atoms with Crippen molar-refractivity contribution in [2.75, 3.05) is 0 Å². The zero-order chi connectivity index (χ0) is 10.1. The molecule has 1 aliphatic carbocycles. The Morgan fingerprint density at radius 3 is 2.71 bits per heavy atom. The Kier molecular flexibility index (Phi) is 2.23. The van der Waals surface area contributed by atoms with Gasteiger partial charge >= 0.3 is 5.97 Å². The number of carbonyl (C=O) groups is 1. The summed E-state index contributed by atoms with van der Waals surface area (Å²) in [6.07, 6.45) is 4.34. The summed E-state index contributed by atoms with van der Waals surface area (Å²) in [5, 5.41) is 16.7. The highest BCUT2D eigenvalue weighted by atomic mass is 16.4. The molecule has 1 saturated carbocycles. The molecule has 1 N–H and O–H groups in total. The lowest BCUT2D eigenvalue weighted by Crippen LogP contribution is -2.14. The number of hydrogen-bond donors (Lipinski definition) is 1. The van der Waals surface area contributed by atoms with Crippen molar-refractivity contribution in [2.45, 2.75) is 38.6 Å². The molecule has 0 atom stereocenters. The molecule has 1 aromatic heterocycles. The number of rotatable bonds is 2. The molecule has 1 aliphatic rings. The molecule has 1 fully saturated rings. The second-order valence-electron chi connectivity index (χ2n) is 3.71. The number of carboxylic acids is 1. The molecule has 0 aliphatic heterocycles. The van der Waals surface area contributed by atoms with Gasteiger partial charge in [-0.1, -0.05) is 18.1 Å². The van der Waals surface area contributed by atoms with E-state index in [9.17, 15) is 4.79 Å². The standard InChI is InChI=1S/C9H13N3O2/c1-6-8(9(13)14)12(11-10-6)7-4-2-3-5-7/h7H,2-5H2,1H3,(H,13,14). The van der Waals surface area contributed by atoms with Crippen LogP contribution >= 0.6 is 0 Å². The van der Waals surface area contributed by atoms with Gasteiger partial charge in [0.05, 0.1) is 11.7 Å². The van der Waals surface area contributed by atoms with Crippen LogP contribution in [0.1, 0.15) is 47.9 Å². The Labute approximate surface area is 81.7 Å². The summed E-state index contributed by atoms with van der Waals surface area (Å²) < 4.78 is 1.57. The predicted octanol–water partition coefficient (Wildman–Crippen LogP) is 1.40. The van der Waals surface area contributed by atoms with Crippen LogP contribution in [-0.4, -0.2) is 26.1 Å². The number of carboxylic acid groups (broad SMARTS) is 1. The Morgan fingerprint density at radius 1 is 1.50 bits per heavy atom. The molecule has 76 valence electrons. The molecule has 0 amide bonds. The van der Waals surface area contributed by atoms with Crippen LogP contribution in [0.25, 0.3) is 0 Å². The largest absolute Gasteiger partial charge is 0.476 e. The van der Waals surface area contributed by atoms with E-state index in [2.05, 4.69) is 10.3 Å². The van der Waals surface area contributed by atoms with Gasteiger partial charge in [-0.25, -0.2) is 9.48 Å². The van der Waals surface area contributed by atoms with Crippen molar-refractivity contribution in [3.63, 3.8) is 0 Å². The molecule has 5 heteroatoms. The summed E-state index contributed by atoms with van der Waals surface area (Å²) in [5.74, 6) is -0.931. The van der Waals surface area contributed by atoms with E-state index in [0.29, 0.717) is 5.69 Å². The summed E-state index contributed by atoms with van der Waals surface area (Å²) in [7, 11) is 0. The van der Waals surface area contributed by atoms with Gasteiger partial charge in [-0.3, -0.25) is 0 Å². The van der Waals surface area contributed by atoms with Gasteiger partial charge in [0.15, 0.2) is 5.69 Å². The van der Waals surface area contributed by atoms with Gasteiger partial charge in [0.2, 0.25) is 0 Å². The van der Waals surface area contributed by atoms with Crippen LogP contribution in [0.5, 0.6) is 0 Å². The highest BCUT2D eigenvalue weighted by Crippen LogP contribution is 2.29. The maximum atomic E-state index is 11.0. The van der Waals surface area contributed by atoms with Gasteiger partial charge in [0.1, 0.15) is 0 Å². The molecule has 0 unspecified atom stereocenters. The van der Waals surface area contributed by atoms with Crippen LogP contribution < -0.4 is 0 Å². The third-order valence-electron chi connectivity index (χ3n) is 2.74. The van der Waals surface area contributed by atoms with Crippen LogP contribution in [-0.2, 0) is 0 Å². The Bertz CT molecular complexity index is 353. The number of aryl methyl sites for hydroxylation is 1. The van der Waals surface area contributed by atoms with Crippen molar-refractivity contribution in [2.24, 2.45) is 0 Å². The molecule has 0 spiro atoms. The van der Waals surface area contributed by atoms with E-state index in [-0.39, 0.29) is 11.7 Å². The van der Waals surface area contributed by atoms with E-state index in [4.69, 9.17) is 5.11 Å². The maximum absolute atomic E-state index is 11.0. The van der Waals surface area contributed by atoms with Gasteiger partial charge in [0, 0.05) is 0 Å². The fourth-order valence-corrected chi connectivity index (χ4v) is 2.03. The van der Waals surface area contributed by atoms with Gasteiger partial charge in [-0.15, -0.1) is 5.10 Å². The second-order valence-corrected chi connectivity index (χ2v) is 3.71. The highest BCUT2D eigenvalue weighted by Gasteiger charge is 2.25. The number of hydrogen-bond acceptors (Lipinski definition) is 3. The first-order chi connectivity index (χ1) is 6.70. The number of nitrogens with zero attached hydrogens (tertiary/aromatic N) is 3. The topological polar surface area (TPSA) is 68.0 Å². The minimum Gasteiger partial charge on any atom is -0.476 e. The van der Waals surface area contributed by atoms with E-state index in [0.717, 1.165) is 25.7 Å². The van der Waals surface area contributed by atoms with Crippen LogP contribution in [0.4, 0.5) is 0 Å². The molecule has 0 bridgehead atoms. The molecule has 14 heavy (non-hydrogen) atoms. The smallest absolute Gasteiger partial charge is 0.356 e. The van der Waals surface area contributed by atoms with Crippen molar-refractivity contribution in [3.8, 4) is 0 Å². The van der Waals surface area contributed by atoms with Crippen molar-refractivity contribution >= 4 is 5.97 Å². The van der Waals surface area contributed by atoms with Gasteiger partial charge in [-0.05, 0) is 19.8 Å². The minimum absolute atomic E-state index is 0.238. The molecular weight excluding hydrogens is 182 g/mol. The zero-order valence-electron chi connectivity index (χ0n) is 8.10. The van der Waals surface area contributed by atoms with Crippen molar-refractivity contribution in [1.82, 2.24) is 15.0 Å². The Hall–Kier alpha value is -1.39. The van der Waals surface area contributed by atoms with Crippen LogP contribution in [0, 0.1) is 6.92 Å². The van der Waals surface area contributed by atoms with Crippen molar-refractivity contribution in [1.29, 1.82) is 0 Å². The van der Waals surface area contributed by atoms with E-state index in [1.165, 1.54) is 0 Å². The first-order valence-corrected chi connectivity index (χ1v) is 4.85. The van der Waals surface area contributed by atoms with Gasteiger partial charge in [0.25, 0.3) is 0 Å². The lowest BCUT2D eigenvalue weighted by molar-refractivity contribution is 0.0679. The Morgan fingerprint density at radius 2 is 2.14 bits per heavy atom. The summed E-state index contributed by atoms with van der Waals surface area (Å²) in [6.45, 7) is 1.68. The number of aromatic nitrogens is 3. The third kappa shape index (κ3) is 1.38. The van der Waals surface area contributed by atoms with E-state index >= 15 is 0 Å². The fourth-order valence-electron chi connectivity index (χ4n) is 2.03. The lowest BCUT2D eigenvalue weighted by Gasteiger charge is -2.10. The van der Waals surface area contributed by atoms with E-state index < -0.39 is 5.97 Å². The first-order valence-electron chi connectivity index (χ1n) is 4.85. The van der Waals surface area contributed by atoms with Crippen molar-refractivity contribution in [3.05, 3.63) is 11.4 Å². The number of aromatic carboxylic acids is 1. The van der Waals surface area contributed by atoms with E-state index in [1.807, 2.05) is 0 Å². The third-order valence-corrected chi connectivity index (χ3v) is 2.74. The maximum Gasteiger partial charge on any atom is 0.356 e. The molecule has 0 aromatic carbocycles. The van der Waals surface area contributed by atoms with E-state index in [1.54, 1.807) is 11.6 Å². The molecular formula is C9H13N3O2. The quantitative estimate of drug-likeness (QED) is 0.774. The average molecular weight is 195 g/mol. The molecule has 1 aromatic rings. The average Bonchev–Trinajstić information content (AvgIpc) is 2.70. The van der Waals surface area contributed by atoms with Crippen LogP contribution in [0.3, 0.4) is 0 Å². The molecule has 1 heterocycles. The summed E-state index contributed by atoms with van der Waals surface area (Å²) in [5.41, 5.74) is 0.751. The summed E-state index contributed by atoms with van der Waals surface area (Å²) in [4.78, 5) is 11.0. The predicted molar refractivity (Wildman–Crippen MR) is 49.2 cm³/mol. The van der Waals surface area contributed by atoms with Crippen molar-refractivity contribution < 1.29 is 9.90 Å². The first kappa shape index (κ1) is 9.18. The summed E-state index contributed by atoms with van der Waals surface area (Å²) in [6, 6.07) is 0.238. The molecule has 0 radical (unpaired) electrons. The normalized spacial score (nSPS) is 17.5. The van der Waals surface area contributed by atoms with Crippen LogP contribution in [0.2, 0.25) is 0 Å². The van der Waals surface area contributed by atoms with Gasteiger partial charge < -0.3 is 5.11 Å². The SMILES string of the molecule is Cc1nnn(C2CCCC2)c1C(=O)O. The minimum atomic E-state index is -0.931. The second kappa shape index (κ2) is 3.40. The van der Waals surface area contributed by atoms with Crippen LogP contribution in [0.15, 0.2) is 0 Å². The van der Waals surface area contributed by atoms with Gasteiger partial charge in [-0.2, -0.15) is 0 Å². The fraction of sp³-hybridized carbons (Fsp3) is 0.667. The summed E-state index contributed by atoms with van der Waals surface area (Å²) >= 11 is 0.